The van der Waals surface area contributed by atoms with Crippen LogP contribution in [0.15, 0.2) is 24.3 Å². The fourth-order valence-electron chi connectivity index (χ4n) is 4.73. The first kappa shape index (κ1) is 20.6. The number of hydrogen-bond acceptors (Lipinski definition) is 3. The summed E-state index contributed by atoms with van der Waals surface area (Å²) in [4.78, 5) is 25.6. The summed E-state index contributed by atoms with van der Waals surface area (Å²) in [5, 5.41) is 15.3. The Morgan fingerprint density at radius 1 is 1.21 bits per heavy atom. The SMILES string of the molecule is CCN(CC(=O)O)C1CC(NC(=O)NC2c3ccccc3CCC2C(C)C)C1. The van der Waals surface area contributed by atoms with Crippen LogP contribution in [0.3, 0.4) is 0 Å². The van der Waals surface area contributed by atoms with E-state index in [0.29, 0.717) is 18.4 Å². The maximum absolute atomic E-state index is 12.7. The van der Waals surface area contributed by atoms with Crippen LogP contribution in [-0.4, -0.2) is 47.2 Å². The first-order valence-corrected chi connectivity index (χ1v) is 10.5. The minimum absolute atomic E-state index is 0.0416. The highest BCUT2D eigenvalue weighted by molar-refractivity contribution is 5.75. The van der Waals surface area contributed by atoms with Gasteiger partial charge in [-0.2, -0.15) is 0 Å². The Hall–Kier alpha value is -2.08. The average molecular weight is 388 g/mol. The summed E-state index contributed by atoms with van der Waals surface area (Å²) in [6.07, 6.45) is 3.78. The molecular formula is C22H33N3O3. The molecule has 0 radical (unpaired) electrons. The molecule has 1 fully saturated rings. The number of carbonyl (C=O) groups is 2. The average Bonchev–Trinajstić information content (AvgIpc) is 2.62. The third-order valence-corrected chi connectivity index (χ3v) is 6.42. The van der Waals surface area contributed by atoms with Crippen molar-refractivity contribution in [3.63, 3.8) is 0 Å². The highest BCUT2D eigenvalue weighted by Gasteiger charge is 2.36. The minimum atomic E-state index is -0.799. The highest BCUT2D eigenvalue weighted by atomic mass is 16.4. The summed E-state index contributed by atoms with van der Waals surface area (Å²) in [5.74, 6) is 0.133. The number of aliphatic carboxylic acids is 1. The number of benzene rings is 1. The molecule has 0 aliphatic heterocycles. The van der Waals surface area contributed by atoms with E-state index in [0.717, 1.165) is 25.7 Å². The highest BCUT2D eigenvalue weighted by Crippen LogP contribution is 2.38. The van der Waals surface area contributed by atoms with E-state index in [2.05, 4.69) is 42.7 Å². The molecule has 3 N–H and O–H groups in total. The van der Waals surface area contributed by atoms with Gasteiger partial charge in [-0.1, -0.05) is 45.0 Å². The van der Waals surface area contributed by atoms with E-state index >= 15 is 0 Å². The number of aryl methyl sites for hydroxylation is 1. The molecule has 2 unspecified atom stereocenters. The van der Waals surface area contributed by atoms with Gasteiger partial charge >= 0.3 is 12.0 Å². The molecule has 0 spiro atoms. The van der Waals surface area contributed by atoms with E-state index in [4.69, 9.17) is 5.11 Å². The number of likely N-dealkylation sites (N-methyl/N-ethyl adjacent to an activating group) is 1. The molecule has 2 aliphatic rings. The molecule has 0 aromatic heterocycles. The molecule has 28 heavy (non-hydrogen) atoms. The zero-order chi connectivity index (χ0) is 20.3. The van der Waals surface area contributed by atoms with Gasteiger partial charge in [0, 0.05) is 12.1 Å². The van der Waals surface area contributed by atoms with E-state index in [9.17, 15) is 9.59 Å². The predicted octanol–water partition coefficient (Wildman–Crippen LogP) is 3.18. The Morgan fingerprint density at radius 2 is 1.93 bits per heavy atom. The maximum atomic E-state index is 12.7. The first-order chi connectivity index (χ1) is 13.4. The van der Waals surface area contributed by atoms with Gasteiger partial charge in [0.15, 0.2) is 0 Å². The number of nitrogens with one attached hydrogen (secondary N) is 2. The lowest BCUT2D eigenvalue weighted by atomic mass is 9.74. The van der Waals surface area contributed by atoms with Crippen LogP contribution < -0.4 is 10.6 Å². The lowest BCUT2D eigenvalue weighted by Crippen LogP contribution is -2.57. The van der Waals surface area contributed by atoms with Crippen molar-refractivity contribution in [1.82, 2.24) is 15.5 Å². The van der Waals surface area contributed by atoms with Gasteiger partial charge in [-0.3, -0.25) is 9.69 Å². The maximum Gasteiger partial charge on any atom is 0.317 e. The van der Waals surface area contributed by atoms with Gasteiger partial charge < -0.3 is 15.7 Å². The van der Waals surface area contributed by atoms with E-state index in [1.54, 1.807) is 0 Å². The molecular weight excluding hydrogens is 354 g/mol. The number of amides is 2. The van der Waals surface area contributed by atoms with Crippen LogP contribution in [0.25, 0.3) is 0 Å². The van der Waals surface area contributed by atoms with Gasteiger partial charge in [0.25, 0.3) is 0 Å². The summed E-state index contributed by atoms with van der Waals surface area (Å²) in [6, 6.07) is 8.70. The summed E-state index contributed by atoms with van der Waals surface area (Å²) in [5.41, 5.74) is 2.58. The van der Waals surface area contributed by atoms with E-state index in [1.165, 1.54) is 11.1 Å². The standard InChI is InChI=1S/C22H33N3O3/c1-4-25(13-20(26)27)17-11-16(12-17)23-22(28)24-21-18(14(2)3)10-9-15-7-5-6-8-19(15)21/h5-8,14,16-18,21H,4,9-13H2,1-3H3,(H,26,27)(H2,23,24,28). The van der Waals surface area contributed by atoms with Crippen molar-refractivity contribution >= 4 is 12.0 Å². The molecule has 2 aliphatic carbocycles. The lowest BCUT2D eigenvalue weighted by Gasteiger charge is -2.43. The van der Waals surface area contributed by atoms with Gasteiger partial charge in [0.1, 0.15) is 0 Å². The van der Waals surface area contributed by atoms with Crippen LogP contribution in [0.2, 0.25) is 0 Å². The van der Waals surface area contributed by atoms with Crippen LogP contribution in [0.1, 0.15) is 57.2 Å². The second kappa shape index (κ2) is 8.95. The van der Waals surface area contributed by atoms with Crippen molar-refractivity contribution in [2.24, 2.45) is 11.8 Å². The Bertz CT molecular complexity index is 700. The number of carboxylic acids is 1. The Balaban J connectivity index is 1.56. The van der Waals surface area contributed by atoms with Crippen molar-refractivity contribution in [2.45, 2.75) is 64.6 Å². The second-order valence-electron chi connectivity index (χ2n) is 8.52. The first-order valence-electron chi connectivity index (χ1n) is 10.5. The number of hydrogen-bond donors (Lipinski definition) is 3. The number of nitrogens with zero attached hydrogens (tertiary/aromatic N) is 1. The fraction of sp³-hybridized carbons (Fsp3) is 0.636. The van der Waals surface area contributed by atoms with Gasteiger partial charge in [0.05, 0.1) is 12.6 Å². The van der Waals surface area contributed by atoms with Crippen molar-refractivity contribution in [2.75, 3.05) is 13.1 Å². The summed E-state index contributed by atoms with van der Waals surface area (Å²) < 4.78 is 0. The monoisotopic (exact) mass is 387 g/mol. The van der Waals surface area contributed by atoms with Crippen molar-refractivity contribution in [3.05, 3.63) is 35.4 Å². The Kier molecular flexibility index (Phi) is 6.60. The summed E-state index contributed by atoms with van der Waals surface area (Å²) >= 11 is 0. The van der Waals surface area contributed by atoms with Gasteiger partial charge in [0.2, 0.25) is 0 Å². The normalized spacial score (nSPS) is 26.5. The van der Waals surface area contributed by atoms with E-state index in [1.807, 2.05) is 17.9 Å². The Labute approximate surface area is 167 Å². The summed E-state index contributed by atoms with van der Waals surface area (Å²) in [6.45, 7) is 7.20. The molecule has 0 bridgehead atoms. The lowest BCUT2D eigenvalue weighted by molar-refractivity contribution is -0.139. The van der Waals surface area contributed by atoms with Crippen LogP contribution in [0.5, 0.6) is 0 Å². The van der Waals surface area contributed by atoms with E-state index < -0.39 is 5.97 Å². The van der Waals surface area contributed by atoms with Crippen LogP contribution >= 0.6 is 0 Å². The molecule has 1 aromatic rings. The van der Waals surface area contributed by atoms with Crippen molar-refractivity contribution < 1.29 is 14.7 Å². The predicted molar refractivity (Wildman–Crippen MR) is 109 cm³/mol. The minimum Gasteiger partial charge on any atom is -0.480 e. The summed E-state index contributed by atoms with van der Waals surface area (Å²) in [7, 11) is 0. The quantitative estimate of drug-likeness (QED) is 0.671. The van der Waals surface area contributed by atoms with Gasteiger partial charge in [-0.25, -0.2) is 4.79 Å². The molecule has 6 nitrogen and oxygen atoms in total. The molecule has 2 atom stereocenters. The third kappa shape index (κ3) is 4.66. The molecule has 2 amide bonds. The van der Waals surface area contributed by atoms with Crippen molar-refractivity contribution in [1.29, 1.82) is 0 Å². The molecule has 3 rings (SSSR count). The molecule has 1 saturated carbocycles. The zero-order valence-corrected chi connectivity index (χ0v) is 17.1. The van der Waals surface area contributed by atoms with Crippen molar-refractivity contribution in [3.8, 4) is 0 Å². The third-order valence-electron chi connectivity index (χ3n) is 6.42. The number of carbonyl (C=O) groups excluding carboxylic acids is 1. The van der Waals surface area contributed by atoms with Gasteiger partial charge in [-0.15, -0.1) is 0 Å². The Morgan fingerprint density at radius 3 is 2.57 bits per heavy atom. The molecule has 154 valence electrons. The largest absolute Gasteiger partial charge is 0.480 e. The molecule has 6 heteroatoms. The number of urea groups is 1. The number of rotatable bonds is 7. The molecule has 0 heterocycles. The topological polar surface area (TPSA) is 81.7 Å². The van der Waals surface area contributed by atoms with Crippen LogP contribution in [0, 0.1) is 11.8 Å². The van der Waals surface area contributed by atoms with Gasteiger partial charge in [-0.05, 0) is 55.2 Å². The zero-order valence-electron chi connectivity index (χ0n) is 17.1. The number of fused-ring (bicyclic) bond motifs is 1. The molecule has 1 aromatic carbocycles. The second-order valence-corrected chi connectivity index (χ2v) is 8.52. The smallest absolute Gasteiger partial charge is 0.317 e. The van der Waals surface area contributed by atoms with Crippen LogP contribution in [0.4, 0.5) is 4.79 Å². The number of carboxylic acid groups (broad SMARTS) is 1. The fourth-order valence-corrected chi connectivity index (χ4v) is 4.73. The van der Waals surface area contributed by atoms with E-state index in [-0.39, 0.29) is 30.7 Å². The molecule has 0 saturated heterocycles. The van der Waals surface area contributed by atoms with Crippen LogP contribution in [-0.2, 0) is 11.2 Å².